The Kier molecular flexibility index (Phi) is 7.50. The number of carbonyl (C=O) groups excluding carboxylic acids is 1. The summed E-state index contributed by atoms with van der Waals surface area (Å²) in [7, 11) is -3.53. The van der Waals surface area contributed by atoms with E-state index in [1.54, 1.807) is 18.2 Å². The molecule has 0 radical (unpaired) electrons. The van der Waals surface area contributed by atoms with Crippen molar-refractivity contribution in [2.45, 2.75) is 50.8 Å². The number of hydrogen-bond acceptors (Lipinski definition) is 4. The van der Waals surface area contributed by atoms with Gasteiger partial charge in [0.2, 0.25) is 15.9 Å². The molecule has 6 nitrogen and oxygen atoms in total. The van der Waals surface area contributed by atoms with E-state index in [4.69, 9.17) is 4.74 Å². The molecule has 1 amide bonds. The third-order valence-corrected chi connectivity index (χ3v) is 7.14. The molecule has 162 valence electrons. The number of nitrogens with zero attached hydrogens (tertiary/aromatic N) is 1. The minimum Gasteiger partial charge on any atom is -0.494 e. The van der Waals surface area contributed by atoms with Gasteiger partial charge in [0, 0.05) is 25.2 Å². The summed E-state index contributed by atoms with van der Waals surface area (Å²) in [6.07, 6.45) is 3.71. The second-order valence-electron chi connectivity index (χ2n) is 7.76. The smallest absolute Gasteiger partial charge is 0.243 e. The molecule has 0 atom stereocenters. The molecule has 30 heavy (non-hydrogen) atoms. The van der Waals surface area contributed by atoms with Crippen molar-refractivity contribution in [3.05, 3.63) is 53.6 Å². The second-order valence-corrected chi connectivity index (χ2v) is 9.70. The average molecular weight is 431 g/mol. The Labute approximate surface area is 179 Å². The van der Waals surface area contributed by atoms with E-state index in [2.05, 4.69) is 5.32 Å². The maximum atomic E-state index is 12.9. The van der Waals surface area contributed by atoms with Crippen molar-refractivity contribution in [1.29, 1.82) is 0 Å². The lowest BCUT2D eigenvalue weighted by Gasteiger charge is -2.26. The monoisotopic (exact) mass is 430 g/mol. The molecule has 2 aromatic rings. The fourth-order valence-electron chi connectivity index (χ4n) is 3.49. The molecular formula is C23H30N2O4S. The Balaban J connectivity index is 1.56. The molecule has 0 spiro atoms. The number of nitrogens with one attached hydrogen (secondary N) is 1. The van der Waals surface area contributed by atoms with Gasteiger partial charge in [0.1, 0.15) is 5.75 Å². The van der Waals surface area contributed by atoms with Crippen molar-refractivity contribution in [1.82, 2.24) is 4.31 Å². The van der Waals surface area contributed by atoms with Crippen molar-refractivity contribution < 1.29 is 17.9 Å². The zero-order chi connectivity index (χ0) is 21.6. The molecule has 0 saturated carbocycles. The maximum absolute atomic E-state index is 12.9. The Bertz CT molecular complexity index is 982. The van der Waals surface area contributed by atoms with Gasteiger partial charge >= 0.3 is 0 Å². The van der Waals surface area contributed by atoms with Crippen LogP contribution in [-0.4, -0.2) is 38.3 Å². The standard InChI is InChI=1S/C23H30N2O4S/c1-18-8-6-9-20(16-18)29-15-7-10-23(26)24-22-17-21(12-11-19(22)2)30(27,28)25-13-4-3-5-14-25/h6,8-9,11-12,16-17H,3-5,7,10,13-15H2,1-2H3,(H,24,26). The lowest BCUT2D eigenvalue weighted by molar-refractivity contribution is -0.116. The van der Waals surface area contributed by atoms with Gasteiger partial charge in [-0.1, -0.05) is 24.6 Å². The summed E-state index contributed by atoms with van der Waals surface area (Å²) in [6, 6.07) is 12.7. The molecule has 1 N–H and O–H groups in total. The van der Waals surface area contributed by atoms with Crippen LogP contribution in [0.4, 0.5) is 5.69 Å². The maximum Gasteiger partial charge on any atom is 0.243 e. The molecule has 1 saturated heterocycles. The zero-order valence-electron chi connectivity index (χ0n) is 17.7. The van der Waals surface area contributed by atoms with Crippen molar-refractivity contribution in [3.63, 3.8) is 0 Å². The van der Waals surface area contributed by atoms with Crippen molar-refractivity contribution >= 4 is 21.6 Å². The number of sulfonamides is 1. The van der Waals surface area contributed by atoms with E-state index >= 15 is 0 Å². The number of rotatable bonds is 8. The molecule has 1 heterocycles. The van der Waals surface area contributed by atoms with Crippen LogP contribution in [0.1, 0.15) is 43.2 Å². The first-order chi connectivity index (χ1) is 14.4. The van der Waals surface area contributed by atoms with E-state index in [-0.39, 0.29) is 10.8 Å². The lowest BCUT2D eigenvalue weighted by atomic mass is 10.2. The number of ether oxygens (including phenoxy) is 1. The normalized spacial score (nSPS) is 15.0. The SMILES string of the molecule is Cc1cccc(OCCCC(=O)Nc2cc(S(=O)(=O)N3CCCCC3)ccc2C)c1. The summed E-state index contributed by atoms with van der Waals surface area (Å²) in [5.41, 5.74) is 2.50. The summed E-state index contributed by atoms with van der Waals surface area (Å²) in [5.74, 6) is 0.639. The van der Waals surface area contributed by atoms with Gasteiger partial charge in [0.15, 0.2) is 0 Å². The molecule has 0 aromatic heterocycles. The van der Waals surface area contributed by atoms with E-state index in [0.717, 1.165) is 36.1 Å². The predicted octanol–water partition coefficient (Wildman–Crippen LogP) is 4.28. The fourth-order valence-corrected chi connectivity index (χ4v) is 5.03. The van der Waals surface area contributed by atoms with Crippen molar-refractivity contribution in [2.24, 2.45) is 0 Å². The number of piperidine rings is 1. The van der Waals surface area contributed by atoms with Crippen LogP contribution in [-0.2, 0) is 14.8 Å². The van der Waals surface area contributed by atoms with E-state index in [9.17, 15) is 13.2 Å². The Morgan fingerprint density at radius 3 is 2.57 bits per heavy atom. The molecule has 2 aromatic carbocycles. The molecule has 1 fully saturated rings. The van der Waals surface area contributed by atoms with Gasteiger partial charge in [0.05, 0.1) is 11.5 Å². The summed E-state index contributed by atoms with van der Waals surface area (Å²) in [4.78, 5) is 12.6. The molecule has 0 bridgehead atoms. The number of hydrogen-bond donors (Lipinski definition) is 1. The van der Waals surface area contributed by atoms with Gasteiger partial charge in [-0.2, -0.15) is 4.31 Å². The highest BCUT2D eigenvalue weighted by Crippen LogP contribution is 2.25. The third-order valence-electron chi connectivity index (χ3n) is 5.24. The fraction of sp³-hybridized carbons (Fsp3) is 0.435. The summed E-state index contributed by atoms with van der Waals surface area (Å²) in [5, 5.41) is 2.86. The molecule has 1 aliphatic rings. The van der Waals surface area contributed by atoms with Gasteiger partial charge < -0.3 is 10.1 Å². The van der Waals surface area contributed by atoms with E-state index < -0.39 is 10.0 Å². The Morgan fingerprint density at radius 1 is 1.07 bits per heavy atom. The minimum atomic E-state index is -3.53. The highest BCUT2D eigenvalue weighted by Gasteiger charge is 2.26. The quantitative estimate of drug-likeness (QED) is 0.635. The van der Waals surface area contributed by atoms with Crippen LogP contribution in [0.15, 0.2) is 47.4 Å². The molecular weight excluding hydrogens is 400 g/mol. The number of carbonyl (C=O) groups is 1. The first kappa shape index (κ1) is 22.3. The first-order valence-corrected chi connectivity index (χ1v) is 11.9. The summed E-state index contributed by atoms with van der Waals surface area (Å²) in [6.45, 7) is 5.41. The topological polar surface area (TPSA) is 75.7 Å². The van der Waals surface area contributed by atoms with Gasteiger partial charge in [-0.25, -0.2) is 8.42 Å². The van der Waals surface area contributed by atoms with Crippen LogP contribution in [0.5, 0.6) is 5.75 Å². The van der Waals surface area contributed by atoms with Gasteiger partial charge in [-0.3, -0.25) is 4.79 Å². The van der Waals surface area contributed by atoms with E-state index in [1.165, 1.54) is 4.31 Å². The van der Waals surface area contributed by atoms with Gasteiger partial charge in [-0.15, -0.1) is 0 Å². The lowest BCUT2D eigenvalue weighted by Crippen LogP contribution is -2.35. The van der Waals surface area contributed by atoms with Crippen LogP contribution in [0.2, 0.25) is 0 Å². The van der Waals surface area contributed by atoms with E-state index in [0.29, 0.717) is 38.2 Å². The largest absolute Gasteiger partial charge is 0.494 e. The number of amides is 1. The molecule has 3 rings (SSSR count). The third kappa shape index (κ3) is 5.83. The van der Waals surface area contributed by atoms with Crippen molar-refractivity contribution in [2.75, 3.05) is 25.0 Å². The average Bonchev–Trinajstić information content (AvgIpc) is 2.73. The summed E-state index contributed by atoms with van der Waals surface area (Å²) >= 11 is 0. The van der Waals surface area contributed by atoms with Gasteiger partial charge in [0.25, 0.3) is 0 Å². The molecule has 0 aliphatic carbocycles. The van der Waals surface area contributed by atoms with E-state index in [1.807, 2.05) is 38.1 Å². The minimum absolute atomic E-state index is 0.154. The van der Waals surface area contributed by atoms with Crippen LogP contribution < -0.4 is 10.1 Å². The summed E-state index contributed by atoms with van der Waals surface area (Å²) < 4.78 is 33.0. The van der Waals surface area contributed by atoms with Gasteiger partial charge in [-0.05, 0) is 68.5 Å². The van der Waals surface area contributed by atoms with Crippen molar-refractivity contribution in [3.8, 4) is 5.75 Å². The second kappa shape index (κ2) is 10.1. The Morgan fingerprint density at radius 2 is 1.83 bits per heavy atom. The van der Waals surface area contributed by atoms with Crippen LogP contribution in [0.25, 0.3) is 0 Å². The Hall–Kier alpha value is -2.38. The number of benzene rings is 2. The predicted molar refractivity (Wildman–Crippen MR) is 118 cm³/mol. The first-order valence-electron chi connectivity index (χ1n) is 10.5. The number of aryl methyl sites for hydroxylation is 2. The molecule has 7 heteroatoms. The highest BCUT2D eigenvalue weighted by molar-refractivity contribution is 7.89. The van der Waals surface area contributed by atoms with Crippen LogP contribution in [0.3, 0.4) is 0 Å². The number of anilines is 1. The highest BCUT2D eigenvalue weighted by atomic mass is 32.2. The molecule has 1 aliphatic heterocycles. The van der Waals surface area contributed by atoms with Crippen LogP contribution in [0, 0.1) is 13.8 Å². The molecule has 0 unspecified atom stereocenters. The zero-order valence-corrected chi connectivity index (χ0v) is 18.5. The van der Waals surface area contributed by atoms with Crippen LogP contribution >= 0.6 is 0 Å².